The highest BCUT2D eigenvalue weighted by Gasteiger charge is 2.28. The molecule has 4 rings (SSSR count). The van der Waals surface area contributed by atoms with Crippen LogP contribution in [0.1, 0.15) is 60.5 Å². The zero-order valence-electron chi connectivity index (χ0n) is 13.7. The van der Waals surface area contributed by atoms with E-state index in [0.717, 1.165) is 44.2 Å². The standard InChI is InChI=1S/C18H24N4O/c1-13-20-18(23-21-13)15-7-10-22(11-8-15)12-16-5-2-4-14-6-3-9-19-17(14)16/h3,6,9,15-16H,2,4-5,7-8,10-12H2,1H3. The van der Waals surface area contributed by atoms with Crippen molar-refractivity contribution in [3.8, 4) is 0 Å². The van der Waals surface area contributed by atoms with Crippen LogP contribution in [0.3, 0.4) is 0 Å². The zero-order valence-corrected chi connectivity index (χ0v) is 13.7. The van der Waals surface area contributed by atoms with Crippen molar-refractivity contribution >= 4 is 0 Å². The van der Waals surface area contributed by atoms with Crippen molar-refractivity contribution in [3.05, 3.63) is 41.3 Å². The van der Waals surface area contributed by atoms with Crippen LogP contribution >= 0.6 is 0 Å². The molecule has 0 radical (unpaired) electrons. The third-order valence-corrected chi connectivity index (χ3v) is 5.27. The lowest BCUT2D eigenvalue weighted by Gasteiger charge is -2.34. The number of rotatable bonds is 3. The predicted molar refractivity (Wildman–Crippen MR) is 87.4 cm³/mol. The van der Waals surface area contributed by atoms with Crippen molar-refractivity contribution in [2.45, 2.75) is 50.9 Å². The number of piperidine rings is 1. The van der Waals surface area contributed by atoms with Gasteiger partial charge in [0.15, 0.2) is 5.82 Å². The Labute approximate surface area is 137 Å². The molecule has 3 heterocycles. The summed E-state index contributed by atoms with van der Waals surface area (Å²) in [5.41, 5.74) is 2.80. The van der Waals surface area contributed by atoms with Gasteiger partial charge in [-0.2, -0.15) is 4.98 Å². The fourth-order valence-electron chi connectivity index (χ4n) is 4.04. The smallest absolute Gasteiger partial charge is 0.229 e. The molecule has 2 aliphatic rings. The second-order valence-electron chi connectivity index (χ2n) is 6.89. The molecule has 5 heteroatoms. The van der Waals surface area contributed by atoms with E-state index in [0.29, 0.717) is 11.8 Å². The summed E-state index contributed by atoms with van der Waals surface area (Å²) in [5.74, 6) is 2.60. The van der Waals surface area contributed by atoms with Crippen LogP contribution in [0.15, 0.2) is 22.9 Å². The Morgan fingerprint density at radius 2 is 2.13 bits per heavy atom. The van der Waals surface area contributed by atoms with Gasteiger partial charge < -0.3 is 9.42 Å². The van der Waals surface area contributed by atoms with Crippen LogP contribution in [-0.2, 0) is 6.42 Å². The summed E-state index contributed by atoms with van der Waals surface area (Å²) in [5, 5.41) is 3.92. The minimum Gasteiger partial charge on any atom is -0.339 e. The molecule has 5 nitrogen and oxygen atoms in total. The van der Waals surface area contributed by atoms with Gasteiger partial charge in [0, 0.05) is 30.3 Å². The molecule has 23 heavy (non-hydrogen) atoms. The van der Waals surface area contributed by atoms with Crippen molar-refractivity contribution in [1.82, 2.24) is 20.0 Å². The average molecular weight is 312 g/mol. The van der Waals surface area contributed by atoms with Gasteiger partial charge in [0.25, 0.3) is 0 Å². The molecule has 1 aliphatic carbocycles. The van der Waals surface area contributed by atoms with Gasteiger partial charge in [0.2, 0.25) is 5.89 Å². The van der Waals surface area contributed by atoms with Crippen LogP contribution in [-0.4, -0.2) is 39.7 Å². The van der Waals surface area contributed by atoms with E-state index < -0.39 is 0 Å². The molecule has 1 fully saturated rings. The number of likely N-dealkylation sites (tertiary alicyclic amines) is 1. The summed E-state index contributed by atoms with van der Waals surface area (Å²) in [6, 6.07) is 4.32. The Morgan fingerprint density at radius 1 is 1.26 bits per heavy atom. The third-order valence-electron chi connectivity index (χ3n) is 5.27. The number of fused-ring (bicyclic) bond motifs is 1. The van der Waals surface area contributed by atoms with Gasteiger partial charge in [-0.15, -0.1) is 0 Å². The average Bonchev–Trinajstić information content (AvgIpc) is 3.02. The summed E-state index contributed by atoms with van der Waals surface area (Å²) in [6.45, 7) is 5.25. The molecule has 1 unspecified atom stereocenters. The van der Waals surface area contributed by atoms with Crippen molar-refractivity contribution in [2.75, 3.05) is 19.6 Å². The second kappa shape index (κ2) is 6.40. The van der Waals surface area contributed by atoms with E-state index in [9.17, 15) is 0 Å². The molecular formula is C18H24N4O. The molecule has 0 N–H and O–H groups in total. The van der Waals surface area contributed by atoms with Gasteiger partial charge in [-0.3, -0.25) is 4.98 Å². The van der Waals surface area contributed by atoms with Crippen LogP contribution in [0, 0.1) is 6.92 Å². The molecule has 0 bridgehead atoms. The first-order valence-corrected chi connectivity index (χ1v) is 8.76. The quantitative estimate of drug-likeness (QED) is 0.872. The van der Waals surface area contributed by atoms with Gasteiger partial charge in [0.05, 0.1) is 0 Å². The molecule has 2 aromatic rings. The van der Waals surface area contributed by atoms with E-state index in [1.165, 1.54) is 30.5 Å². The third kappa shape index (κ3) is 3.15. The topological polar surface area (TPSA) is 55.1 Å². The minimum absolute atomic E-state index is 0.434. The van der Waals surface area contributed by atoms with E-state index in [1.807, 2.05) is 13.1 Å². The number of aromatic nitrogens is 3. The molecule has 122 valence electrons. The first-order chi connectivity index (χ1) is 11.3. The molecule has 0 saturated carbocycles. The van der Waals surface area contributed by atoms with Gasteiger partial charge >= 0.3 is 0 Å². The molecule has 2 aromatic heterocycles. The highest BCUT2D eigenvalue weighted by atomic mass is 16.5. The number of pyridine rings is 1. The maximum Gasteiger partial charge on any atom is 0.229 e. The van der Waals surface area contributed by atoms with Gasteiger partial charge in [0.1, 0.15) is 0 Å². The van der Waals surface area contributed by atoms with Crippen molar-refractivity contribution in [2.24, 2.45) is 0 Å². The monoisotopic (exact) mass is 312 g/mol. The Hall–Kier alpha value is -1.75. The SMILES string of the molecule is Cc1noc(C2CCN(CC3CCCc4cccnc43)CC2)n1. The second-order valence-corrected chi connectivity index (χ2v) is 6.89. The summed E-state index contributed by atoms with van der Waals surface area (Å²) in [4.78, 5) is 11.7. The van der Waals surface area contributed by atoms with Crippen LogP contribution < -0.4 is 0 Å². The molecule has 1 atom stereocenters. The summed E-state index contributed by atoms with van der Waals surface area (Å²) < 4.78 is 5.35. The van der Waals surface area contributed by atoms with E-state index in [4.69, 9.17) is 4.52 Å². The Morgan fingerprint density at radius 3 is 2.91 bits per heavy atom. The minimum atomic E-state index is 0.434. The molecule has 1 saturated heterocycles. The molecular weight excluding hydrogens is 288 g/mol. The van der Waals surface area contributed by atoms with Gasteiger partial charge in [-0.1, -0.05) is 11.2 Å². The Balaban J connectivity index is 1.37. The van der Waals surface area contributed by atoms with Crippen LogP contribution in [0.25, 0.3) is 0 Å². The molecule has 0 spiro atoms. The molecule has 1 aliphatic heterocycles. The fraction of sp³-hybridized carbons (Fsp3) is 0.611. The van der Waals surface area contributed by atoms with Crippen molar-refractivity contribution in [1.29, 1.82) is 0 Å². The van der Waals surface area contributed by atoms with Gasteiger partial charge in [-0.05, 0) is 63.7 Å². The normalized spacial score (nSPS) is 22.9. The lowest BCUT2D eigenvalue weighted by atomic mass is 9.85. The van der Waals surface area contributed by atoms with Crippen LogP contribution in [0.2, 0.25) is 0 Å². The highest BCUT2D eigenvalue weighted by molar-refractivity contribution is 5.26. The van der Waals surface area contributed by atoms with Gasteiger partial charge in [-0.25, -0.2) is 0 Å². The maximum absolute atomic E-state index is 5.35. The molecule has 0 amide bonds. The van der Waals surface area contributed by atoms with Crippen molar-refractivity contribution in [3.63, 3.8) is 0 Å². The predicted octanol–water partition coefficient (Wildman–Crippen LogP) is 3.07. The number of nitrogens with zero attached hydrogens (tertiary/aromatic N) is 4. The molecule has 0 aromatic carbocycles. The Kier molecular flexibility index (Phi) is 4.12. The van der Waals surface area contributed by atoms with E-state index in [-0.39, 0.29) is 0 Å². The summed E-state index contributed by atoms with van der Waals surface area (Å²) in [6.07, 6.45) is 7.93. The summed E-state index contributed by atoms with van der Waals surface area (Å²) >= 11 is 0. The zero-order chi connectivity index (χ0) is 15.6. The van der Waals surface area contributed by atoms with Crippen molar-refractivity contribution < 1.29 is 4.52 Å². The number of hydrogen-bond donors (Lipinski definition) is 0. The first kappa shape index (κ1) is 14.8. The fourth-order valence-corrected chi connectivity index (χ4v) is 4.04. The van der Waals surface area contributed by atoms with E-state index in [2.05, 4.69) is 32.2 Å². The summed E-state index contributed by atoms with van der Waals surface area (Å²) in [7, 11) is 0. The number of hydrogen-bond acceptors (Lipinski definition) is 5. The van der Waals surface area contributed by atoms with E-state index in [1.54, 1.807) is 0 Å². The first-order valence-electron chi connectivity index (χ1n) is 8.76. The van der Waals surface area contributed by atoms with Crippen LogP contribution in [0.5, 0.6) is 0 Å². The highest BCUT2D eigenvalue weighted by Crippen LogP contribution is 2.33. The Bertz CT molecular complexity index is 661. The number of aryl methyl sites for hydroxylation is 2. The van der Waals surface area contributed by atoms with E-state index >= 15 is 0 Å². The lowest BCUT2D eigenvalue weighted by Crippen LogP contribution is -2.37. The largest absolute Gasteiger partial charge is 0.339 e. The maximum atomic E-state index is 5.35. The lowest BCUT2D eigenvalue weighted by molar-refractivity contribution is 0.180. The van der Waals surface area contributed by atoms with Crippen LogP contribution in [0.4, 0.5) is 0 Å².